The highest BCUT2D eigenvalue weighted by Crippen LogP contribution is 2.13. The molecule has 0 fully saturated rings. The number of unbranched alkanes of at least 4 members (excludes halogenated alkanes) is 1. The number of rotatable bonds is 16. The Morgan fingerprint density at radius 1 is 0.914 bits per heavy atom. The fraction of sp³-hybridized carbons (Fsp3) is 0.500. The molecule has 0 aromatic heterocycles. The molecule has 2 aromatic carbocycles. The summed E-state index contributed by atoms with van der Waals surface area (Å²) in [5.74, 6) is -1.58. The third kappa shape index (κ3) is 11.1. The molecule has 0 aliphatic rings. The molecule has 0 bridgehead atoms. The van der Waals surface area contributed by atoms with Crippen molar-refractivity contribution in [2.45, 2.75) is 83.9 Å². The first-order valence-corrected chi connectivity index (χ1v) is 12.5. The number of benzene rings is 2. The van der Waals surface area contributed by atoms with Gasteiger partial charge in [-0.15, -0.1) is 0 Å². The van der Waals surface area contributed by atoms with Crippen LogP contribution in [0.25, 0.3) is 0 Å². The zero-order chi connectivity index (χ0) is 25.6. The van der Waals surface area contributed by atoms with Crippen LogP contribution in [0, 0.1) is 11.6 Å². The molecular formula is C28H38F2N2O3. The predicted octanol–water partition coefficient (Wildman–Crippen LogP) is 4.63. The summed E-state index contributed by atoms with van der Waals surface area (Å²) >= 11 is 0. The first-order chi connectivity index (χ1) is 16.8. The number of hydrogen-bond acceptors (Lipinski definition) is 4. The van der Waals surface area contributed by atoms with Crippen LogP contribution in [0.15, 0.2) is 42.5 Å². The Bertz CT molecular complexity index is 931. The molecule has 2 rings (SSSR count). The fourth-order valence-electron chi connectivity index (χ4n) is 3.96. The highest BCUT2D eigenvalue weighted by atomic mass is 19.1. The van der Waals surface area contributed by atoms with Crippen LogP contribution in [0.3, 0.4) is 0 Å². The maximum Gasteiger partial charge on any atom is 0.220 e. The quantitative estimate of drug-likeness (QED) is 0.322. The molecule has 0 saturated carbocycles. The van der Waals surface area contributed by atoms with Gasteiger partial charge in [-0.3, -0.25) is 9.59 Å². The summed E-state index contributed by atoms with van der Waals surface area (Å²) in [7, 11) is 0. The molecule has 0 spiro atoms. The van der Waals surface area contributed by atoms with Crippen LogP contribution in [0.4, 0.5) is 8.78 Å². The Morgan fingerprint density at radius 2 is 1.60 bits per heavy atom. The number of Topliss-reactive ketones (excluding diaryl/α,β-unsaturated/α-hetero) is 1. The van der Waals surface area contributed by atoms with E-state index in [1.54, 1.807) is 0 Å². The Morgan fingerprint density at radius 3 is 2.29 bits per heavy atom. The van der Waals surface area contributed by atoms with E-state index in [9.17, 15) is 23.5 Å². The van der Waals surface area contributed by atoms with Gasteiger partial charge in [0.05, 0.1) is 12.1 Å². The van der Waals surface area contributed by atoms with Crippen molar-refractivity contribution in [1.82, 2.24) is 10.6 Å². The van der Waals surface area contributed by atoms with Crippen molar-refractivity contribution in [3.8, 4) is 0 Å². The van der Waals surface area contributed by atoms with E-state index in [2.05, 4.69) is 29.7 Å². The molecular weight excluding hydrogens is 450 g/mol. The average Bonchev–Trinajstić information content (AvgIpc) is 2.81. The summed E-state index contributed by atoms with van der Waals surface area (Å²) in [6, 6.07) is 10.6. The third-order valence-corrected chi connectivity index (χ3v) is 5.94. The molecule has 2 aromatic rings. The van der Waals surface area contributed by atoms with E-state index in [4.69, 9.17) is 0 Å². The van der Waals surface area contributed by atoms with Crippen molar-refractivity contribution in [3.05, 3.63) is 70.8 Å². The smallest absolute Gasteiger partial charge is 0.220 e. The van der Waals surface area contributed by atoms with Crippen molar-refractivity contribution in [2.24, 2.45) is 0 Å². The van der Waals surface area contributed by atoms with Crippen LogP contribution in [-0.2, 0) is 29.0 Å². The molecule has 0 aliphatic carbocycles. The number of ketones is 1. The zero-order valence-corrected chi connectivity index (χ0v) is 20.8. The molecule has 0 saturated heterocycles. The molecule has 3 N–H and O–H groups in total. The van der Waals surface area contributed by atoms with E-state index in [1.165, 1.54) is 17.7 Å². The standard InChI is InChI=1S/C28H38F2N2O3/c1-3-5-10-25(33)11-7-12-28(35)32-26(16-22-14-23(29)17-24(30)15-22)27(34)19-31-18-21-9-6-8-20(4-2)13-21/h6,8-9,13-15,17,26-27,31,34H,3-5,7,10-12,16,18-19H2,1-2H3,(H,32,35)/t26-,27+/m0/s1. The first-order valence-electron chi connectivity index (χ1n) is 12.5. The maximum atomic E-state index is 13.7. The van der Waals surface area contributed by atoms with Crippen LogP contribution in [0.5, 0.6) is 0 Å². The normalized spacial score (nSPS) is 12.8. The second-order valence-electron chi connectivity index (χ2n) is 9.02. The highest BCUT2D eigenvalue weighted by molar-refractivity contribution is 5.80. The molecule has 35 heavy (non-hydrogen) atoms. The van der Waals surface area contributed by atoms with Crippen molar-refractivity contribution < 1.29 is 23.5 Å². The van der Waals surface area contributed by atoms with Crippen LogP contribution in [0.1, 0.15) is 69.1 Å². The zero-order valence-electron chi connectivity index (χ0n) is 20.8. The molecule has 0 radical (unpaired) electrons. The SMILES string of the molecule is CCCCC(=O)CCCC(=O)N[C@@H](Cc1cc(F)cc(F)c1)[C@H](O)CNCc1cccc(CC)c1. The number of aryl methyl sites for hydroxylation is 1. The molecule has 192 valence electrons. The van der Waals surface area contributed by atoms with Crippen LogP contribution < -0.4 is 10.6 Å². The van der Waals surface area contributed by atoms with Crippen molar-refractivity contribution in [3.63, 3.8) is 0 Å². The molecule has 7 heteroatoms. The number of hydrogen-bond donors (Lipinski definition) is 3. The Hall–Kier alpha value is -2.64. The highest BCUT2D eigenvalue weighted by Gasteiger charge is 2.22. The summed E-state index contributed by atoms with van der Waals surface area (Å²) in [4.78, 5) is 24.4. The lowest BCUT2D eigenvalue weighted by atomic mass is 10.00. The first kappa shape index (κ1) is 28.6. The number of halogens is 2. The summed E-state index contributed by atoms with van der Waals surface area (Å²) in [5.41, 5.74) is 2.64. The molecule has 0 unspecified atom stereocenters. The van der Waals surface area contributed by atoms with Crippen LogP contribution in [0.2, 0.25) is 0 Å². The summed E-state index contributed by atoms with van der Waals surface area (Å²) in [6.45, 7) is 4.84. The average molecular weight is 489 g/mol. The lowest BCUT2D eigenvalue weighted by Crippen LogP contribution is -2.48. The van der Waals surface area contributed by atoms with Gasteiger partial charge in [0.15, 0.2) is 0 Å². The summed E-state index contributed by atoms with van der Waals surface area (Å²) < 4.78 is 27.4. The van der Waals surface area contributed by atoms with Crippen molar-refractivity contribution in [2.75, 3.05) is 6.54 Å². The van der Waals surface area contributed by atoms with Gasteiger partial charge in [-0.1, -0.05) is 44.5 Å². The number of nitrogens with one attached hydrogen (secondary N) is 2. The minimum absolute atomic E-state index is 0.0734. The van der Waals surface area contributed by atoms with E-state index >= 15 is 0 Å². The topological polar surface area (TPSA) is 78.4 Å². The minimum atomic E-state index is -0.981. The van der Waals surface area contributed by atoms with Crippen LogP contribution >= 0.6 is 0 Å². The Balaban J connectivity index is 1.96. The van der Waals surface area contributed by atoms with Gasteiger partial charge in [0.1, 0.15) is 17.4 Å². The monoisotopic (exact) mass is 488 g/mol. The van der Waals surface area contributed by atoms with Gasteiger partial charge in [0.2, 0.25) is 5.91 Å². The second kappa shape index (κ2) is 15.4. The number of aliphatic hydroxyl groups excluding tert-OH is 1. The van der Waals surface area contributed by atoms with Gasteiger partial charge < -0.3 is 15.7 Å². The Labute approximate surface area is 207 Å². The van der Waals surface area contributed by atoms with E-state index in [0.29, 0.717) is 31.4 Å². The van der Waals surface area contributed by atoms with Gasteiger partial charge in [-0.25, -0.2) is 8.78 Å². The maximum absolute atomic E-state index is 13.7. The van der Waals surface area contributed by atoms with E-state index in [0.717, 1.165) is 30.9 Å². The van der Waals surface area contributed by atoms with Gasteiger partial charge >= 0.3 is 0 Å². The van der Waals surface area contributed by atoms with Gasteiger partial charge in [0.25, 0.3) is 0 Å². The van der Waals surface area contributed by atoms with E-state index in [1.807, 2.05) is 19.1 Å². The lowest BCUT2D eigenvalue weighted by Gasteiger charge is -2.25. The Kier molecular flexibility index (Phi) is 12.6. The number of carbonyl (C=O) groups excluding carboxylic acids is 2. The number of aliphatic hydroxyl groups is 1. The van der Waals surface area contributed by atoms with Crippen molar-refractivity contribution >= 4 is 11.7 Å². The van der Waals surface area contributed by atoms with Crippen molar-refractivity contribution in [1.29, 1.82) is 0 Å². The largest absolute Gasteiger partial charge is 0.390 e. The number of amides is 1. The van der Waals surface area contributed by atoms with Crippen LogP contribution in [-0.4, -0.2) is 35.5 Å². The number of carbonyl (C=O) groups is 2. The van der Waals surface area contributed by atoms with E-state index < -0.39 is 23.8 Å². The summed E-state index contributed by atoms with van der Waals surface area (Å²) in [6.07, 6.45) is 3.26. The molecule has 1 amide bonds. The molecule has 0 aliphatic heterocycles. The third-order valence-electron chi connectivity index (χ3n) is 5.94. The van der Waals surface area contributed by atoms with E-state index in [-0.39, 0.29) is 31.1 Å². The fourth-order valence-corrected chi connectivity index (χ4v) is 3.96. The molecule has 2 atom stereocenters. The minimum Gasteiger partial charge on any atom is -0.390 e. The van der Waals surface area contributed by atoms with Gasteiger partial charge in [-0.2, -0.15) is 0 Å². The second-order valence-corrected chi connectivity index (χ2v) is 9.02. The predicted molar refractivity (Wildman–Crippen MR) is 134 cm³/mol. The molecule has 0 heterocycles. The summed E-state index contributed by atoms with van der Waals surface area (Å²) in [5, 5.41) is 16.8. The lowest BCUT2D eigenvalue weighted by molar-refractivity contribution is -0.123. The van der Waals surface area contributed by atoms with Gasteiger partial charge in [0, 0.05) is 38.4 Å². The molecule has 5 nitrogen and oxygen atoms in total. The van der Waals surface area contributed by atoms with Gasteiger partial charge in [-0.05, 0) is 54.5 Å².